The Morgan fingerprint density at radius 2 is 2.00 bits per heavy atom. The summed E-state index contributed by atoms with van der Waals surface area (Å²) in [4.78, 5) is 23.8. The summed E-state index contributed by atoms with van der Waals surface area (Å²) in [6, 6.07) is 9.64. The quantitative estimate of drug-likeness (QED) is 0.797. The van der Waals surface area contributed by atoms with Crippen LogP contribution in [0.5, 0.6) is 5.75 Å². The van der Waals surface area contributed by atoms with E-state index in [2.05, 4.69) is 0 Å². The van der Waals surface area contributed by atoms with Crippen LogP contribution >= 0.6 is 11.6 Å². The van der Waals surface area contributed by atoms with Gasteiger partial charge < -0.3 is 9.47 Å². The van der Waals surface area contributed by atoms with Crippen LogP contribution in [-0.2, 0) is 11.5 Å². The van der Waals surface area contributed by atoms with Gasteiger partial charge in [-0.3, -0.25) is 9.36 Å². The van der Waals surface area contributed by atoms with Gasteiger partial charge in [0.1, 0.15) is 6.73 Å². The van der Waals surface area contributed by atoms with Gasteiger partial charge in [-0.25, -0.2) is 4.79 Å². The summed E-state index contributed by atoms with van der Waals surface area (Å²) in [5.74, 6) is -0.539. The van der Waals surface area contributed by atoms with E-state index in [1.807, 2.05) is 6.92 Å². The number of halogens is 1. The molecule has 0 atom stereocenters. The van der Waals surface area contributed by atoms with Crippen molar-refractivity contribution in [1.29, 1.82) is 0 Å². The lowest BCUT2D eigenvalue weighted by Crippen LogP contribution is -2.21. The Bertz CT molecular complexity index is 682. The Morgan fingerprint density at radius 3 is 2.67 bits per heavy atom. The number of hydrogen-bond acceptors (Lipinski definition) is 4. The molecule has 0 aliphatic rings. The van der Waals surface area contributed by atoms with Crippen molar-refractivity contribution in [2.45, 2.75) is 13.7 Å². The summed E-state index contributed by atoms with van der Waals surface area (Å²) in [6.07, 6.45) is 1.38. The minimum atomic E-state index is -0.570. The summed E-state index contributed by atoms with van der Waals surface area (Å²) in [5, 5.41) is 0.165. The Kier molecular flexibility index (Phi) is 5.14. The number of rotatable bonds is 5. The predicted molar refractivity (Wildman–Crippen MR) is 78.7 cm³/mol. The zero-order valence-corrected chi connectivity index (χ0v) is 12.2. The molecule has 2 rings (SSSR count). The SMILES string of the molecule is CCOCn1cc(Cl)c(OC(=O)c2ccccc2)cc1=O. The Labute approximate surface area is 126 Å². The lowest BCUT2D eigenvalue weighted by molar-refractivity contribution is 0.0731. The highest BCUT2D eigenvalue weighted by Gasteiger charge is 2.12. The van der Waals surface area contributed by atoms with Gasteiger partial charge in [0.25, 0.3) is 5.56 Å². The predicted octanol–water partition coefficient (Wildman–Crippen LogP) is 2.71. The molecule has 0 fully saturated rings. The molecule has 21 heavy (non-hydrogen) atoms. The number of nitrogens with zero attached hydrogens (tertiary/aromatic N) is 1. The smallest absolute Gasteiger partial charge is 0.343 e. The molecule has 0 saturated heterocycles. The second-order valence-corrected chi connectivity index (χ2v) is 4.58. The monoisotopic (exact) mass is 307 g/mol. The minimum absolute atomic E-state index is 0.0308. The van der Waals surface area contributed by atoms with Crippen LogP contribution in [0.3, 0.4) is 0 Å². The van der Waals surface area contributed by atoms with Crippen molar-refractivity contribution in [1.82, 2.24) is 4.57 Å². The van der Waals surface area contributed by atoms with Crippen LogP contribution in [0.1, 0.15) is 17.3 Å². The zero-order chi connectivity index (χ0) is 15.2. The van der Waals surface area contributed by atoms with Gasteiger partial charge >= 0.3 is 5.97 Å². The first-order valence-corrected chi connectivity index (χ1v) is 6.74. The molecular formula is C15H14ClNO4. The van der Waals surface area contributed by atoms with E-state index in [0.717, 1.165) is 0 Å². The van der Waals surface area contributed by atoms with E-state index in [9.17, 15) is 9.59 Å². The first kappa shape index (κ1) is 15.3. The molecule has 0 saturated carbocycles. The molecule has 0 aliphatic heterocycles. The molecule has 0 aliphatic carbocycles. The third-order valence-electron chi connectivity index (χ3n) is 2.69. The molecule has 1 aromatic carbocycles. The average molecular weight is 308 g/mol. The average Bonchev–Trinajstić information content (AvgIpc) is 2.50. The first-order chi connectivity index (χ1) is 10.1. The van der Waals surface area contributed by atoms with Crippen molar-refractivity contribution in [3.05, 3.63) is 63.5 Å². The van der Waals surface area contributed by atoms with Crippen molar-refractivity contribution >= 4 is 17.6 Å². The number of pyridine rings is 1. The maximum Gasteiger partial charge on any atom is 0.343 e. The van der Waals surface area contributed by atoms with E-state index < -0.39 is 5.97 Å². The number of esters is 1. The largest absolute Gasteiger partial charge is 0.421 e. The summed E-state index contributed by atoms with van der Waals surface area (Å²) in [5.41, 5.74) is 0.0239. The third kappa shape index (κ3) is 3.93. The standard InChI is InChI=1S/C15H14ClNO4/c1-2-20-10-17-9-12(16)13(8-14(17)18)21-15(19)11-6-4-3-5-7-11/h3-9H,2,10H2,1H3. The third-order valence-corrected chi connectivity index (χ3v) is 2.97. The Morgan fingerprint density at radius 1 is 1.29 bits per heavy atom. The maximum absolute atomic E-state index is 11.9. The number of aromatic nitrogens is 1. The van der Waals surface area contributed by atoms with E-state index in [0.29, 0.717) is 12.2 Å². The topological polar surface area (TPSA) is 57.5 Å². The zero-order valence-electron chi connectivity index (χ0n) is 11.4. The molecule has 0 N–H and O–H groups in total. The van der Waals surface area contributed by atoms with E-state index in [1.165, 1.54) is 16.8 Å². The lowest BCUT2D eigenvalue weighted by atomic mass is 10.2. The first-order valence-electron chi connectivity index (χ1n) is 6.36. The highest BCUT2D eigenvalue weighted by atomic mass is 35.5. The van der Waals surface area contributed by atoms with Gasteiger partial charge in [0.05, 0.1) is 10.6 Å². The Balaban J connectivity index is 2.19. The van der Waals surface area contributed by atoms with Crippen LogP contribution in [-0.4, -0.2) is 17.1 Å². The van der Waals surface area contributed by atoms with Crippen LogP contribution in [0.2, 0.25) is 5.02 Å². The van der Waals surface area contributed by atoms with Crippen molar-refractivity contribution in [3.63, 3.8) is 0 Å². The number of carbonyl (C=O) groups excluding carboxylic acids is 1. The molecule has 0 spiro atoms. The number of benzene rings is 1. The fourth-order valence-electron chi connectivity index (χ4n) is 1.63. The van der Waals surface area contributed by atoms with E-state index in [4.69, 9.17) is 21.1 Å². The molecule has 2 aromatic rings. The molecule has 6 heteroatoms. The molecular weight excluding hydrogens is 294 g/mol. The van der Waals surface area contributed by atoms with E-state index in [1.54, 1.807) is 30.3 Å². The van der Waals surface area contributed by atoms with Crippen LogP contribution in [0.25, 0.3) is 0 Å². The fraction of sp³-hybridized carbons (Fsp3) is 0.200. The van der Waals surface area contributed by atoms with Crippen LogP contribution in [0.4, 0.5) is 0 Å². The highest BCUT2D eigenvalue weighted by molar-refractivity contribution is 6.32. The highest BCUT2D eigenvalue weighted by Crippen LogP contribution is 2.22. The molecule has 0 unspecified atom stereocenters. The van der Waals surface area contributed by atoms with Crippen molar-refractivity contribution in [2.24, 2.45) is 0 Å². The van der Waals surface area contributed by atoms with Gasteiger partial charge in [0, 0.05) is 18.9 Å². The second kappa shape index (κ2) is 7.06. The molecule has 1 aromatic heterocycles. The van der Waals surface area contributed by atoms with Crippen molar-refractivity contribution in [2.75, 3.05) is 6.61 Å². The van der Waals surface area contributed by atoms with E-state index >= 15 is 0 Å². The second-order valence-electron chi connectivity index (χ2n) is 4.17. The summed E-state index contributed by atoms with van der Waals surface area (Å²) < 4.78 is 11.6. The van der Waals surface area contributed by atoms with Gasteiger partial charge in [0.2, 0.25) is 0 Å². The van der Waals surface area contributed by atoms with Crippen LogP contribution in [0, 0.1) is 0 Å². The van der Waals surface area contributed by atoms with Crippen molar-refractivity contribution < 1.29 is 14.3 Å². The Hall–Kier alpha value is -2.11. The summed E-state index contributed by atoms with van der Waals surface area (Å²) in [7, 11) is 0. The molecule has 0 radical (unpaired) electrons. The van der Waals surface area contributed by atoms with Crippen LogP contribution in [0.15, 0.2) is 47.4 Å². The lowest BCUT2D eigenvalue weighted by Gasteiger charge is -2.09. The molecule has 110 valence electrons. The summed E-state index contributed by atoms with van der Waals surface area (Å²) >= 11 is 6.02. The van der Waals surface area contributed by atoms with Gasteiger partial charge in [-0.2, -0.15) is 0 Å². The molecule has 0 amide bonds. The number of carbonyl (C=O) groups is 1. The molecule has 1 heterocycles. The van der Waals surface area contributed by atoms with Crippen molar-refractivity contribution in [3.8, 4) is 5.75 Å². The summed E-state index contributed by atoms with van der Waals surface area (Å²) in [6.45, 7) is 2.40. The molecule has 0 bridgehead atoms. The van der Waals surface area contributed by atoms with Gasteiger partial charge in [-0.15, -0.1) is 0 Å². The number of hydrogen-bond donors (Lipinski definition) is 0. The normalized spacial score (nSPS) is 10.4. The van der Waals surface area contributed by atoms with Gasteiger partial charge in [-0.05, 0) is 19.1 Å². The van der Waals surface area contributed by atoms with Gasteiger partial charge in [0.15, 0.2) is 5.75 Å². The maximum atomic E-state index is 11.9. The van der Waals surface area contributed by atoms with Crippen LogP contribution < -0.4 is 10.3 Å². The minimum Gasteiger partial charge on any atom is -0.421 e. The van der Waals surface area contributed by atoms with E-state index in [-0.39, 0.29) is 23.1 Å². The molecule has 5 nitrogen and oxygen atoms in total. The van der Waals surface area contributed by atoms with Gasteiger partial charge in [-0.1, -0.05) is 29.8 Å². The fourth-order valence-corrected chi connectivity index (χ4v) is 1.84. The number of ether oxygens (including phenoxy) is 2.